The highest BCUT2D eigenvalue weighted by Gasteiger charge is 2.09. The van der Waals surface area contributed by atoms with Gasteiger partial charge in [-0.1, -0.05) is 6.08 Å². The number of allylic oxidation sites excluding steroid dienone is 1. The van der Waals surface area contributed by atoms with Crippen LogP contribution in [0.4, 0.5) is 11.5 Å². The molecule has 0 atom stereocenters. The largest absolute Gasteiger partial charge is 0.336 e. The van der Waals surface area contributed by atoms with Gasteiger partial charge in [-0.15, -0.1) is 6.58 Å². The average molecular weight is 310 g/mol. The van der Waals surface area contributed by atoms with Gasteiger partial charge in [0.1, 0.15) is 4.47 Å². The highest BCUT2D eigenvalue weighted by Crippen LogP contribution is 2.20. The van der Waals surface area contributed by atoms with E-state index in [-0.39, 0.29) is 5.56 Å². The Morgan fingerprint density at radius 1 is 1.61 bits per heavy atom. The number of aromatic nitrogens is 4. The normalized spacial score (nSPS) is 10.3. The fraction of sp³-hybridized carbons (Fsp3) is 0.182. The number of nitrogens with zero attached hydrogens (tertiary/aromatic N) is 4. The molecular formula is C11H12BrN5O. The lowest BCUT2D eigenvalue weighted by Gasteiger charge is -2.07. The molecule has 0 aromatic carbocycles. The van der Waals surface area contributed by atoms with Gasteiger partial charge in [0, 0.05) is 19.3 Å². The molecule has 0 aliphatic rings. The highest BCUT2D eigenvalue weighted by atomic mass is 79.9. The van der Waals surface area contributed by atoms with Gasteiger partial charge in [-0.25, -0.2) is 4.68 Å². The van der Waals surface area contributed by atoms with Gasteiger partial charge in [0.2, 0.25) is 0 Å². The first-order chi connectivity index (χ1) is 8.61. The predicted octanol–water partition coefficient (Wildman–Crippen LogP) is 1.67. The molecule has 0 saturated heterocycles. The summed E-state index contributed by atoms with van der Waals surface area (Å²) in [5, 5.41) is 11.2. The van der Waals surface area contributed by atoms with E-state index >= 15 is 0 Å². The van der Waals surface area contributed by atoms with Gasteiger partial charge < -0.3 is 5.32 Å². The molecule has 0 radical (unpaired) electrons. The van der Waals surface area contributed by atoms with E-state index < -0.39 is 0 Å². The van der Waals surface area contributed by atoms with Crippen molar-refractivity contribution in [3.63, 3.8) is 0 Å². The van der Waals surface area contributed by atoms with Crippen molar-refractivity contribution in [1.29, 1.82) is 0 Å². The molecule has 1 N–H and O–H groups in total. The van der Waals surface area contributed by atoms with Crippen molar-refractivity contribution in [2.24, 2.45) is 7.05 Å². The third-order valence-corrected chi connectivity index (χ3v) is 3.03. The molecule has 0 amide bonds. The summed E-state index contributed by atoms with van der Waals surface area (Å²) in [6, 6.07) is 1.81. The van der Waals surface area contributed by atoms with E-state index in [1.807, 2.05) is 19.3 Å². The molecule has 2 rings (SSSR count). The third kappa shape index (κ3) is 2.51. The summed E-state index contributed by atoms with van der Waals surface area (Å²) in [4.78, 5) is 11.9. The van der Waals surface area contributed by atoms with Gasteiger partial charge in [0.15, 0.2) is 5.82 Å². The average Bonchev–Trinajstić information content (AvgIpc) is 2.75. The molecule has 7 heteroatoms. The topological polar surface area (TPSA) is 64.7 Å². The first-order valence-corrected chi connectivity index (χ1v) is 6.04. The first-order valence-electron chi connectivity index (χ1n) is 5.25. The van der Waals surface area contributed by atoms with Crippen LogP contribution in [0.15, 0.2) is 40.4 Å². The van der Waals surface area contributed by atoms with Crippen LogP contribution in [0.1, 0.15) is 0 Å². The minimum atomic E-state index is -0.212. The number of rotatable bonds is 4. The number of halogens is 1. The van der Waals surface area contributed by atoms with Gasteiger partial charge in [-0.2, -0.15) is 10.2 Å². The zero-order valence-corrected chi connectivity index (χ0v) is 11.4. The SMILES string of the molecule is C=CCn1ncc(Nc2ccn(C)n2)c(Br)c1=O. The molecule has 2 aromatic heterocycles. The number of nitrogens with one attached hydrogen (secondary N) is 1. The maximum Gasteiger partial charge on any atom is 0.283 e. The molecule has 0 fully saturated rings. The molecule has 94 valence electrons. The molecular weight excluding hydrogens is 298 g/mol. The highest BCUT2D eigenvalue weighted by molar-refractivity contribution is 9.10. The number of anilines is 2. The van der Waals surface area contributed by atoms with E-state index in [0.29, 0.717) is 22.5 Å². The second kappa shape index (κ2) is 5.18. The zero-order chi connectivity index (χ0) is 13.1. The minimum absolute atomic E-state index is 0.212. The summed E-state index contributed by atoms with van der Waals surface area (Å²) in [6.45, 7) is 3.95. The van der Waals surface area contributed by atoms with Crippen LogP contribution in [0.3, 0.4) is 0 Å². The molecule has 6 nitrogen and oxygen atoms in total. The number of aryl methyl sites for hydroxylation is 1. The van der Waals surface area contributed by atoms with E-state index in [4.69, 9.17) is 0 Å². The zero-order valence-electron chi connectivity index (χ0n) is 9.80. The van der Waals surface area contributed by atoms with Gasteiger partial charge in [0.25, 0.3) is 5.56 Å². The van der Waals surface area contributed by atoms with Gasteiger partial charge in [0.05, 0.1) is 18.4 Å². The molecule has 18 heavy (non-hydrogen) atoms. The van der Waals surface area contributed by atoms with Crippen LogP contribution >= 0.6 is 15.9 Å². The number of hydrogen-bond donors (Lipinski definition) is 1. The summed E-state index contributed by atoms with van der Waals surface area (Å²) in [6.07, 6.45) is 5.00. The van der Waals surface area contributed by atoms with Gasteiger partial charge >= 0.3 is 0 Å². The van der Waals surface area contributed by atoms with Crippen LogP contribution in [-0.2, 0) is 13.6 Å². The van der Waals surface area contributed by atoms with Crippen molar-refractivity contribution < 1.29 is 0 Å². The summed E-state index contributed by atoms with van der Waals surface area (Å²) in [5.74, 6) is 0.654. The van der Waals surface area contributed by atoms with E-state index in [2.05, 4.69) is 38.0 Å². The lowest BCUT2D eigenvalue weighted by atomic mass is 10.4. The van der Waals surface area contributed by atoms with Crippen LogP contribution in [0.5, 0.6) is 0 Å². The third-order valence-electron chi connectivity index (χ3n) is 2.26. The molecule has 2 heterocycles. The van der Waals surface area contributed by atoms with Crippen molar-refractivity contribution in [1.82, 2.24) is 19.6 Å². The second-order valence-corrected chi connectivity index (χ2v) is 4.44. The van der Waals surface area contributed by atoms with E-state index in [1.165, 1.54) is 4.68 Å². The smallest absolute Gasteiger partial charge is 0.283 e. The molecule has 0 bridgehead atoms. The molecule has 0 saturated carbocycles. The monoisotopic (exact) mass is 309 g/mol. The Labute approximate surface area is 112 Å². The summed E-state index contributed by atoms with van der Waals surface area (Å²) in [5.41, 5.74) is 0.370. The van der Waals surface area contributed by atoms with Crippen LogP contribution < -0.4 is 10.9 Å². The Balaban J connectivity index is 2.32. The molecule has 0 aliphatic carbocycles. The molecule has 2 aromatic rings. The van der Waals surface area contributed by atoms with E-state index in [0.717, 1.165) is 0 Å². The lowest BCUT2D eigenvalue weighted by Crippen LogP contribution is -2.23. The fourth-order valence-electron chi connectivity index (χ4n) is 1.42. The van der Waals surface area contributed by atoms with Crippen molar-refractivity contribution in [3.05, 3.63) is 45.9 Å². The number of hydrogen-bond acceptors (Lipinski definition) is 4. The standard InChI is InChI=1S/C11H12BrN5O/c1-3-5-17-11(18)10(12)8(7-13-17)14-9-4-6-16(2)15-9/h3-4,6-7H,1,5H2,2H3,(H,14,15). The lowest BCUT2D eigenvalue weighted by molar-refractivity contribution is 0.649. The van der Waals surface area contributed by atoms with Crippen molar-refractivity contribution in [3.8, 4) is 0 Å². The summed E-state index contributed by atoms with van der Waals surface area (Å²) in [7, 11) is 1.82. The second-order valence-electron chi connectivity index (χ2n) is 3.65. The van der Waals surface area contributed by atoms with Crippen LogP contribution in [0, 0.1) is 0 Å². The Morgan fingerprint density at radius 2 is 2.39 bits per heavy atom. The maximum absolute atomic E-state index is 11.9. The predicted molar refractivity (Wildman–Crippen MR) is 72.9 cm³/mol. The molecule has 0 aliphatic heterocycles. The Bertz CT molecular complexity index is 631. The Kier molecular flexibility index (Phi) is 3.61. The fourth-order valence-corrected chi connectivity index (χ4v) is 1.83. The summed E-state index contributed by atoms with van der Waals surface area (Å²) >= 11 is 3.26. The van der Waals surface area contributed by atoms with E-state index in [1.54, 1.807) is 17.0 Å². The van der Waals surface area contributed by atoms with Gasteiger partial charge in [-0.05, 0) is 15.9 Å². The van der Waals surface area contributed by atoms with E-state index in [9.17, 15) is 4.79 Å². The Hall–Kier alpha value is -1.89. The minimum Gasteiger partial charge on any atom is -0.336 e. The van der Waals surface area contributed by atoms with Crippen LogP contribution in [-0.4, -0.2) is 19.6 Å². The van der Waals surface area contributed by atoms with Crippen LogP contribution in [0.25, 0.3) is 0 Å². The Morgan fingerprint density at radius 3 is 3.00 bits per heavy atom. The molecule has 0 unspecified atom stereocenters. The summed E-state index contributed by atoms with van der Waals surface area (Å²) < 4.78 is 3.41. The van der Waals surface area contributed by atoms with Crippen molar-refractivity contribution in [2.75, 3.05) is 5.32 Å². The first kappa shape index (κ1) is 12.6. The maximum atomic E-state index is 11.9. The molecule has 0 spiro atoms. The van der Waals surface area contributed by atoms with Crippen LogP contribution in [0.2, 0.25) is 0 Å². The van der Waals surface area contributed by atoms with Gasteiger partial charge in [-0.3, -0.25) is 9.48 Å². The van der Waals surface area contributed by atoms with Crippen molar-refractivity contribution in [2.45, 2.75) is 6.54 Å². The quantitative estimate of drug-likeness (QED) is 0.873. The van der Waals surface area contributed by atoms with Crippen molar-refractivity contribution >= 4 is 27.4 Å².